The Morgan fingerprint density at radius 3 is 2.53 bits per heavy atom. The Morgan fingerprint density at radius 1 is 1.07 bits per heavy atom. The summed E-state index contributed by atoms with van der Waals surface area (Å²) in [6.45, 7) is 3.19. The predicted octanol–water partition coefficient (Wildman–Crippen LogP) is 2.01. The van der Waals surface area contributed by atoms with Crippen LogP contribution in [0.4, 0.5) is 0 Å². The van der Waals surface area contributed by atoms with E-state index in [9.17, 15) is 0 Å². The fourth-order valence-corrected chi connectivity index (χ4v) is 1.81. The molecule has 82 valence electrons. The van der Waals surface area contributed by atoms with Crippen LogP contribution in [0.15, 0.2) is 30.3 Å². The molecule has 0 bridgehead atoms. The van der Waals surface area contributed by atoms with Crippen LogP contribution in [0.3, 0.4) is 0 Å². The monoisotopic (exact) mass is 206 g/mol. The van der Waals surface area contributed by atoms with E-state index in [2.05, 4.69) is 10.4 Å². The van der Waals surface area contributed by atoms with Gasteiger partial charge in [0.25, 0.3) is 0 Å². The third-order valence-corrected chi connectivity index (χ3v) is 2.67. The van der Waals surface area contributed by atoms with Crippen molar-refractivity contribution in [3.05, 3.63) is 30.3 Å². The van der Waals surface area contributed by atoms with Crippen LogP contribution >= 0.6 is 0 Å². The lowest BCUT2D eigenvalue weighted by Gasteiger charge is -2.26. The smallest absolute Gasteiger partial charge is 0.147 e. The highest BCUT2D eigenvalue weighted by atomic mass is 16.6. The third-order valence-electron chi connectivity index (χ3n) is 2.67. The summed E-state index contributed by atoms with van der Waals surface area (Å²) in [5.74, 6) is 0.870. The van der Waals surface area contributed by atoms with Crippen LogP contribution in [0.5, 0.6) is 5.75 Å². The predicted molar refractivity (Wildman–Crippen MR) is 60.5 cm³/mol. The van der Waals surface area contributed by atoms with E-state index in [1.165, 1.54) is 32.4 Å². The van der Waals surface area contributed by atoms with E-state index < -0.39 is 0 Å². The van der Waals surface area contributed by atoms with E-state index in [0.717, 1.165) is 12.4 Å². The first-order valence-corrected chi connectivity index (χ1v) is 5.62. The van der Waals surface area contributed by atoms with Crippen molar-refractivity contribution < 1.29 is 4.84 Å². The highest BCUT2D eigenvalue weighted by Crippen LogP contribution is 2.08. The van der Waals surface area contributed by atoms with Crippen molar-refractivity contribution in [3.8, 4) is 5.75 Å². The summed E-state index contributed by atoms with van der Waals surface area (Å²) in [4.78, 5) is 7.80. The van der Waals surface area contributed by atoms with Gasteiger partial charge in [-0.25, -0.2) is 0 Å². The van der Waals surface area contributed by atoms with Gasteiger partial charge in [0, 0.05) is 0 Å². The van der Waals surface area contributed by atoms with E-state index in [4.69, 9.17) is 4.84 Å². The van der Waals surface area contributed by atoms with E-state index in [0.29, 0.717) is 0 Å². The zero-order valence-corrected chi connectivity index (χ0v) is 8.98. The molecule has 2 rings (SSSR count). The molecular weight excluding hydrogens is 188 g/mol. The van der Waals surface area contributed by atoms with Gasteiger partial charge in [-0.2, -0.15) is 0 Å². The molecule has 1 heterocycles. The lowest BCUT2D eigenvalue weighted by Crippen LogP contribution is -2.39. The molecule has 0 atom stereocenters. The number of para-hydroxylation sites is 1. The molecule has 3 heteroatoms. The van der Waals surface area contributed by atoms with Crippen molar-refractivity contribution in [1.29, 1.82) is 0 Å². The van der Waals surface area contributed by atoms with Gasteiger partial charge in [-0.15, -0.1) is 5.48 Å². The molecule has 0 unspecified atom stereocenters. The summed E-state index contributed by atoms with van der Waals surface area (Å²) in [6, 6.07) is 9.82. The van der Waals surface area contributed by atoms with E-state index in [1.54, 1.807) is 0 Å². The maximum absolute atomic E-state index is 5.42. The maximum atomic E-state index is 5.42. The normalized spacial score (nSPS) is 17.6. The van der Waals surface area contributed by atoms with Crippen LogP contribution in [-0.2, 0) is 0 Å². The van der Waals surface area contributed by atoms with Gasteiger partial charge in [0.2, 0.25) is 0 Å². The largest absolute Gasteiger partial charge is 0.407 e. The molecule has 0 radical (unpaired) electrons. The maximum Gasteiger partial charge on any atom is 0.147 e. The Labute approximate surface area is 91.0 Å². The molecule has 0 saturated carbocycles. The molecule has 1 aromatic rings. The zero-order chi connectivity index (χ0) is 10.3. The second-order valence-electron chi connectivity index (χ2n) is 3.90. The lowest BCUT2D eigenvalue weighted by molar-refractivity contribution is 0.107. The van der Waals surface area contributed by atoms with Gasteiger partial charge < -0.3 is 4.84 Å². The van der Waals surface area contributed by atoms with Gasteiger partial charge in [-0.05, 0) is 38.1 Å². The molecule has 0 aromatic heterocycles. The van der Waals surface area contributed by atoms with Gasteiger partial charge >= 0.3 is 0 Å². The fourth-order valence-electron chi connectivity index (χ4n) is 1.81. The molecule has 1 fully saturated rings. The highest BCUT2D eigenvalue weighted by Gasteiger charge is 2.08. The SMILES string of the molecule is c1ccc(ONCN2CCCCC2)cc1. The van der Waals surface area contributed by atoms with Crippen molar-refractivity contribution in [1.82, 2.24) is 10.4 Å². The summed E-state index contributed by atoms with van der Waals surface area (Å²) in [5.41, 5.74) is 3.00. The quantitative estimate of drug-likeness (QED) is 0.763. The third kappa shape index (κ3) is 3.53. The molecule has 1 aliphatic rings. The first-order chi connectivity index (χ1) is 7.45. The zero-order valence-electron chi connectivity index (χ0n) is 8.98. The van der Waals surface area contributed by atoms with E-state index in [1.807, 2.05) is 30.3 Å². The standard InChI is InChI=1S/C12H18N2O/c1-3-7-12(8-4-1)15-13-11-14-9-5-2-6-10-14/h1,3-4,7-8,13H,2,5-6,9-11H2. The number of hydroxylamine groups is 1. The van der Waals surface area contributed by atoms with Gasteiger partial charge in [0.15, 0.2) is 0 Å². The molecule has 0 aliphatic carbocycles. The summed E-state index contributed by atoms with van der Waals surface area (Å²) in [5, 5.41) is 0. The van der Waals surface area contributed by atoms with Crippen LogP contribution in [0, 0.1) is 0 Å². The molecule has 1 aliphatic heterocycles. The Morgan fingerprint density at radius 2 is 1.80 bits per heavy atom. The average Bonchev–Trinajstić information content (AvgIpc) is 2.32. The Hall–Kier alpha value is -1.06. The van der Waals surface area contributed by atoms with E-state index >= 15 is 0 Å². The molecule has 1 N–H and O–H groups in total. The number of hydrogen-bond acceptors (Lipinski definition) is 3. The van der Waals surface area contributed by atoms with Gasteiger partial charge in [-0.1, -0.05) is 24.6 Å². The van der Waals surface area contributed by atoms with Crippen LogP contribution in [-0.4, -0.2) is 24.7 Å². The first kappa shape index (κ1) is 10.5. The highest BCUT2D eigenvalue weighted by molar-refractivity contribution is 5.20. The molecule has 1 saturated heterocycles. The van der Waals surface area contributed by atoms with Gasteiger partial charge in [-0.3, -0.25) is 4.90 Å². The number of hydrogen-bond donors (Lipinski definition) is 1. The Balaban J connectivity index is 1.66. The minimum Gasteiger partial charge on any atom is -0.407 e. The number of benzene rings is 1. The molecule has 0 spiro atoms. The average molecular weight is 206 g/mol. The van der Waals surface area contributed by atoms with E-state index in [-0.39, 0.29) is 0 Å². The summed E-state index contributed by atoms with van der Waals surface area (Å²) >= 11 is 0. The molecule has 15 heavy (non-hydrogen) atoms. The molecule has 3 nitrogen and oxygen atoms in total. The minimum atomic E-state index is 0.814. The summed E-state index contributed by atoms with van der Waals surface area (Å²) < 4.78 is 0. The molecular formula is C12H18N2O. The molecule has 1 aromatic carbocycles. The van der Waals surface area contributed by atoms with Crippen LogP contribution in [0.1, 0.15) is 19.3 Å². The number of piperidine rings is 1. The number of rotatable bonds is 4. The van der Waals surface area contributed by atoms with Crippen LogP contribution in [0.2, 0.25) is 0 Å². The van der Waals surface area contributed by atoms with Crippen LogP contribution < -0.4 is 10.3 Å². The minimum absolute atomic E-state index is 0.814. The fraction of sp³-hybridized carbons (Fsp3) is 0.500. The van der Waals surface area contributed by atoms with Crippen molar-refractivity contribution in [2.75, 3.05) is 19.8 Å². The first-order valence-electron chi connectivity index (χ1n) is 5.62. The Kier molecular flexibility index (Phi) is 4.00. The van der Waals surface area contributed by atoms with Gasteiger partial charge in [0.05, 0.1) is 6.67 Å². The van der Waals surface area contributed by atoms with Crippen LogP contribution in [0.25, 0.3) is 0 Å². The van der Waals surface area contributed by atoms with Crippen molar-refractivity contribution in [3.63, 3.8) is 0 Å². The summed E-state index contributed by atoms with van der Waals surface area (Å²) in [7, 11) is 0. The van der Waals surface area contributed by atoms with Crippen molar-refractivity contribution >= 4 is 0 Å². The van der Waals surface area contributed by atoms with Crippen molar-refractivity contribution in [2.45, 2.75) is 19.3 Å². The molecule has 0 amide bonds. The van der Waals surface area contributed by atoms with Gasteiger partial charge in [0.1, 0.15) is 5.75 Å². The second-order valence-corrected chi connectivity index (χ2v) is 3.90. The Bertz CT molecular complexity index is 270. The van der Waals surface area contributed by atoms with Crippen molar-refractivity contribution in [2.24, 2.45) is 0 Å². The lowest BCUT2D eigenvalue weighted by atomic mass is 10.1. The second kappa shape index (κ2) is 5.73. The summed E-state index contributed by atoms with van der Waals surface area (Å²) in [6.07, 6.45) is 4.00. The number of nitrogens with zero attached hydrogens (tertiary/aromatic N) is 1. The number of likely N-dealkylation sites (tertiary alicyclic amines) is 1. The number of nitrogens with one attached hydrogen (secondary N) is 1. The topological polar surface area (TPSA) is 24.5 Å².